The van der Waals surface area contributed by atoms with Crippen LogP contribution in [-0.2, 0) is 26.2 Å². The van der Waals surface area contributed by atoms with Gasteiger partial charge in [-0.2, -0.15) is 0 Å². The van der Waals surface area contributed by atoms with Crippen LogP contribution in [0.25, 0.3) is 0 Å². The average Bonchev–Trinajstić information content (AvgIpc) is 2.77. The molecule has 9 heteroatoms. The van der Waals surface area contributed by atoms with Crippen LogP contribution in [0.15, 0.2) is 48.5 Å². The molecule has 2 rings (SSSR count). The molecule has 2 aromatic carbocycles. The minimum absolute atomic E-state index is 0.0990. The standard InChI is InChI=1S/C26H37N3O5S/c1-7-22(26(31)27-19(3)4)28(17-21-13-11-12-20(5)16-21)25(30)18-29(35(6,32)33)23-14-9-10-15-24(23)34-8-2/h9-16,19,22H,7-8,17-18H2,1-6H3,(H,27,31). The average molecular weight is 504 g/mol. The summed E-state index contributed by atoms with van der Waals surface area (Å²) in [4.78, 5) is 28.2. The van der Waals surface area contributed by atoms with E-state index in [0.717, 1.165) is 21.7 Å². The van der Waals surface area contributed by atoms with Gasteiger partial charge in [0.15, 0.2) is 0 Å². The van der Waals surface area contributed by atoms with Gasteiger partial charge in [-0.3, -0.25) is 13.9 Å². The van der Waals surface area contributed by atoms with Crippen LogP contribution in [0, 0.1) is 6.92 Å². The number of rotatable bonds is 12. The van der Waals surface area contributed by atoms with Crippen LogP contribution in [0.4, 0.5) is 5.69 Å². The van der Waals surface area contributed by atoms with Gasteiger partial charge in [-0.05, 0) is 51.8 Å². The third kappa shape index (κ3) is 7.99. The van der Waals surface area contributed by atoms with Gasteiger partial charge >= 0.3 is 0 Å². The molecule has 0 fully saturated rings. The fraction of sp³-hybridized carbons (Fsp3) is 0.462. The van der Waals surface area contributed by atoms with Crippen molar-refractivity contribution in [2.45, 2.75) is 59.7 Å². The molecule has 8 nitrogen and oxygen atoms in total. The lowest BCUT2D eigenvalue weighted by Crippen LogP contribution is -2.53. The Kier molecular flexibility index (Phi) is 10.1. The van der Waals surface area contributed by atoms with Gasteiger partial charge in [-0.25, -0.2) is 8.42 Å². The number of hydrogen-bond acceptors (Lipinski definition) is 5. The van der Waals surface area contributed by atoms with Crippen molar-refractivity contribution in [3.8, 4) is 5.75 Å². The summed E-state index contributed by atoms with van der Waals surface area (Å²) in [5.41, 5.74) is 2.16. The van der Waals surface area contributed by atoms with E-state index in [0.29, 0.717) is 18.8 Å². The highest BCUT2D eigenvalue weighted by Gasteiger charge is 2.32. The number of anilines is 1. The van der Waals surface area contributed by atoms with Crippen molar-refractivity contribution in [1.29, 1.82) is 0 Å². The van der Waals surface area contributed by atoms with Crippen LogP contribution >= 0.6 is 0 Å². The van der Waals surface area contributed by atoms with Gasteiger partial charge in [-0.15, -0.1) is 0 Å². The summed E-state index contributed by atoms with van der Waals surface area (Å²) in [6, 6.07) is 13.5. The van der Waals surface area contributed by atoms with Crippen molar-refractivity contribution in [2.24, 2.45) is 0 Å². The van der Waals surface area contributed by atoms with Crippen LogP contribution in [-0.4, -0.2) is 56.6 Å². The minimum atomic E-state index is -3.83. The summed E-state index contributed by atoms with van der Waals surface area (Å²) in [6.45, 7) is 9.36. The van der Waals surface area contributed by atoms with E-state index in [-0.39, 0.29) is 24.2 Å². The molecule has 0 aliphatic rings. The zero-order valence-corrected chi connectivity index (χ0v) is 22.3. The number of carbonyl (C=O) groups excluding carboxylic acids is 2. The first-order valence-corrected chi connectivity index (χ1v) is 13.7. The molecule has 0 aliphatic heterocycles. The second kappa shape index (κ2) is 12.6. The first-order chi connectivity index (χ1) is 16.5. The van der Waals surface area contributed by atoms with E-state index in [2.05, 4.69) is 5.32 Å². The Hall–Kier alpha value is -3.07. The van der Waals surface area contributed by atoms with Gasteiger partial charge in [0.1, 0.15) is 18.3 Å². The highest BCUT2D eigenvalue weighted by molar-refractivity contribution is 7.92. The van der Waals surface area contributed by atoms with Crippen LogP contribution in [0.5, 0.6) is 5.75 Å². The van der Waals surface area contributed by atoms with Crippen molar-refractivity contribution in [1.82, 2.24) is 10.2 Å². The lowest BCUT2D eigenvalue weighted by Gasteiger charge is -2.33. The predicted molar refractivity (Wildman–Crippen MR) is 139 cm³/mol. The molecule has 0 aromatic heterocycles. The van der Waals surface area contributed by atoms with E-state index < -0.39 is 28.5 Å². The molecular weight excluding hydrogens is 466 g/mol. The van der Waals surface area contributed by atoms with E-state index in [4.69, 9.17) is 4.74 Å². The van der Waals surface area contributed by atoms with E-state index in [9.17, 15) is 18.0 Å². The second-order valence-electron chi connectivity index (χ2n) is 8.77. The molecule has 0 spiro atoms. The molecule has 1 atom stereocenters. The number of benzene rings is 2. The van der Waals surface area contributed by atoms with E-state index in [1.54, 1.807) is 31.2 Å². The monoisotopic (exact) mass is 503 g/mol. The number of para-hydroxylation sites is 2. The molecule has 192 valence electrons. The molecule has 0 aliphatic carbocycles. The maximum Gasteiger partial charge on any atom is 0.244 e. The Balaban J connectivity index is 2.49. The Morgan fingerprint density at radius 3 is 2.31 bits per heavy atom. The predicted octanol–water partition coefficient (Wildman–Crippen LogP) is 3.49. The molecule has 0 saturated heterocycles. The van der Waals surface area contributed by atoms with Crippen molar-refractivity contribution in [2.75, 3.05) is 23.7 Å². The Labute approximate surface area is 209 Å². The molecule has 35 heavy (non-hydrogen) atoms. The van der Waals surface area contributed by atoms with Gasteiger partial charge in [0.25, 0.3) is 0 Å². The number of hydrogen-bond donors (Lipinski definition) is 1. The maximum atomic E-state index is 13.7. The molecule has 0 heterocycles. The fourth-order valence-electron chi connectivity index (χ4n) is 3.84. The molecule has 0 radical (unpaired) electrons. The molecular formula is C26H37N3O5S. The summed E-state index contributed by atoms with van der Waals surface area (Å²) < 4.78 is 32.2. The van der Waals surface area contributed by atoms with E-state index in [1.807, 2.05) is 52.0 Å². The number of nitrogens with zero attached hydrogens (tertiary/aromatic N) is 2. The Morgan fingerprint density at radius 1 is 1.06 bits per heavy atom. The normalized spacial score (nSPS) is 12.2. The van der Waals surface area contributed by atoms with E-state index in [1.165, 1.54) is 4.90 Å². The highest BCUT2D eigenvalue weighted by atomic mass is 32.2. The largest absolute Gasteiger partial charge is 0.492 e. The van der Waals surface area contributed by atoms with Crippen molar-refractivity contribution in [3.63, 3.8) is 0 Å². The zero-order chi connectivity index (χ0) is 26.2. The molecule has 1 N–H and O–H groups in total. The topological polar surface area (TPSA) is 96.0 Å². The first-order valence-electron chi connectivity index (χ1n) is 11.8. The number of aryl methyl sites for hydroxylation is 1. The van der Waals surface area contributed by atoms with Gasteiger partial charge in [-0.1, -0.05) is 48.9 Å². The maximum absolute atomic E-state index is 13.7. The van der Waals surface area contributed by atoms with Gasteiger partial charge in [0.2, 0.25) is 21.8 Å². The van der Waals surface area contributed by atoms with Gasteiger partial charge < -0.3 is 15.0 Å². The first kappa shape index (κ1) is 28.2. The summed E-state index contributed by atoms with van der Waals surface area (Å²) in [5, 5.41) is 2.88. The number of ether oxygens (including phenoxy) is 1. The zero-order valence-electron chi connectivity index (χ0n) is 21.4. The van der Waals surface area contributed by atoms with Crippen LogP contribution in [0.1, 0.15) is 45.2 Å². The Bertz CT molecular complexity index is 1120. The summed E-state index contributed by atoms with van der Waals surface area (Å²) >= 11 is 0. The second-order valence-corrected chi connectivity index (χ2v) is 10.7. The summed E-state index contributed by atoms with van der Waals surface area (Å²) in [6.07, 6.45) is 1.43. The van der Waals surface area contributed by atoms with Crippen molar-refractivity contribution in [3.05, 3.63) is 59.7 Å². The number of amides is 2. The van der Waals surface area contributed by atoms with Crippen LogP contribution in [0.2, 0.25) is 0 Å². The van der Waals surface area contributed by atoms with Gasteiger partial charge in [0.05, 0.1) is 18.6 Å². The summed E-state index contributed by atoms with van der Waals surface area (Å²) in [7, 11) is -3.83. The van der Waals surface area contributed by atoms with Crippen LogP contribution < -0.4 is 14.4 Å². The summed E-state index contributed by atoms with van der Waals surface area (Å²) in [5.74, 6) is -0.388. The molecule has 2 aromatic rings. The number of carbonyl (C=O) groups is 2. The molecule has 0 bridgehead atoms. The highest BCUT2D eigenvalue weighted by Crippen LogP contribution is 2.30. The van der Waals surface area contributed by atoms with Crippen LogP contribution in [0.3, 0.4) is 0 Å². The molecule has 1 unspecified atom stereocenters. The number of nitrogens with one attached hydrogen (secondary N) is 1. The third-order valence-electron chi connectivity index (χ3n) is 5.37. The fourth-order valence-corrected chi connectivity index (χ4v) is 4.70. The third-order valence-corrected chi connectivity index (χ3v) is 6.49. The van der Waals surface area contributed by atoms with Crippen molar-refractivity contribution < 1.29 is 22.7 Å². The van der Waals surface area contributed by atoms with Crippen molar-refractivity contribution >= 4 is 27.5 Å². The lowest BCUT2D eigenvalue weighted by molar-refractivity contribution is -0.140. The molecule has 2 amide bonds. The smallest absolute Gasteiger partial charge is 0.244 e. The Morgan fingerprint density at radius 2 is 1.74 bits per heavy atom. The minimum Gasteiger partial charge on any atom is -0.492 e. The SMILES string of the molecule is CCOc1ccccc1N(CC(=O)N(Cc1cccc(C)c1)C(CC)C(=O)NC(C)C)S(C)(=O)=O. The van der Waals surface area contributed by atoms with E-state index >= 15 is 0 Å². The molecule has 0 saturated carbocycles. The van der Waals surface area contributed by atoms with Gasteiger partial charge in [0, 0.05) is 12.6 Å². The number of sulfonamides is 1. The quantitative estimate of drug-likeness (QED) is 0.478. The lowest BCUT2D eigenvalue weighted by atomic mass is 10.1.